The average molecular weight is 240 g/mol. The van der Waals surface area contributed by atoms with Gasteiger partial charge < -0.3 is 11.1 Å². The molecule has 4 heteroatoms. The van der Waals surface area contributed by atoms with Crippen LogP contribution in [-0.2, 0) is 0 Å². The van der Waals surface area contributed by atoms with Crippen molar-refractivity contribution < 1.29 is 0 Å². The third-order valence-electron chi connectivity index (χ3n) is 3.37. The summed E-state index contributed by atoms with van der Waals surface area (Å²) in [5, 5.41) is 4.18. The summed E-state index contributed by atoms with van der Waals surface area (Å²) in [5.41, 5.74) is 6.89. The third-order valence-corrected chi connectivity index (χ3v) is 3.67. The first-order chi connectivity index (χ1) is 7.76. The molecular weight excluding hydrogens is 222 g/mol. The molecule has 2 rings (SSSR count). The smallest absolute Gasteiger partial charge is 0.0820 e. The van der Waals surface area contributed by atoms with Gasteiger partial charge in [-0.3, -0.25) is 4.98 Å². The van der Waals surface area contributed by atoms with E-state index in [-0.39, 0.29) is 5.54 Å². The van der Waals surface area contributed by atoms with E-state index in [1.807, 2.05) is 6.07 Å². The van der Waals surface area contributed by atoms with E-state index in [2.05, 4.69) is 10.3 Å². The predicted molar refractivity (Wildman–Crippen MR) is 67.7 cm³/mol. The largest absolute Gasteiger partial charge is 0.377 e. The highest BCUT2D eigenvalue weighted by Crippen LogP contribution is 2.32. The van der Waals surface area contributed by atoms with E-state index in [1.165, 1.54) is 19.3 Å². The molecule has 1 heterocycles. The maximum absolute atomic E-state index is 6.10. The second-order valence-corrected chi connectivity index (χ2v) is 4.93. The molecular formula is C12H18ClN3. The van der Waals surface area contributed by atoms with Crippen molar-refractivity contribution in [1.82, 2.24) is 4.98 Å². The van der Waals surface area contributed by atoms with Gasteiger partial charge in [-0.15, -0.1) is 0 Å². The highest BCUT2D eigenvalue weighted by Gasteiger charge is 2.30. The lowest BCUT2D eigenvalue weighted by Crippen LogP contribution is -2.47. The second kappa shape index (κ2) is 5.02. The number of anilines is 1. The van der Waals surface area contributed by atoms with E-state index < -0.39 is 0 Å². The topological polar surface area (TPSA) is 50.9 Å². The Morgan fingerprint density at radius 3 is 2.75 bits per heavy atom. The van der Waals surface area contributed by atoms with Gasteiger partial charge in [0.1, 0.15) is 0 Å². The van der Waals surface area contributed by atoms with Gasteiger partial charge in [0.15, 0.2) is 0 Å². The van der Waals surface area contributed by atoms with Crippen LogP contribution in [-0.4, -0.2) is 17.1 Å². The minimum atomic E-state index is 0.0310. The van der Waals surface area contributed by atoms with E-state index >= 15 is 0 Å². The van der Waals surface area contributed by atoms with Crippen LogP contribution in [0.5, 0.6) is 0 Å². The number of nitrogens with zero attached hydrogens (tertiary/aromatic N) is 1. The molecule has 88 valence electrons. The number of rotatable bonds is 3. The van der Waals surface area contributed by atoms with Crippen LogP contribution in [0.3, 0.4) is 0 Å². The van der Waals surface area contributed by atoms with Crippen LogP contribution in [0.4, 0.5) is 5.69 Å². The van der Waals surface area contributed by atoms with Crippen LogP contribution in [0.1, 0.15) is 32.1 Å². The maximum Gasteiger partial charge on any atom is 0.0820 e. The minimum absolute atomic E-state index is 0.0310. The van der Waals surface area contributed by atoms with Crippen molar-refractivity contribution in [2.24, 2.45) is 5.73 Å². The SMILES string of the molecule is NCC1(Nc2ccncc2Cl)CCCCC1. The first-order valence-electron chi connectivity index (χ1n) is 5.83. The van der Waals surface area contributed by atoms with Gasteiger partial charge in [0.05, 0.1) is 10.7 Å². The molecule has 16 heavy (non-hydrogen) atoms. The van der Waals surface area contributed by atoms with Crippen molar-refractivity contribution in [1.29, 1.82) is 0 Å². The van der Waals surface area contributed by atoms with Gasteiger partial charge in [0, 0.05) is 24.5 Å². The van der Waals surface area contributed by atoms with Gasteiger partial charge in [-0.05, 0) is 18.9 Å². The molecule has 3 nitrogen and oxygen atoms in total. The van der Waals surface area contributed by atoms with Gasteiger partial charge in [0.2, 0.25) is 0 Å². The average Bonchev–Trinajstić information content (AvgIpc) is 2.33. The minimum Gasteiger partial charge on any atom is -0.377 e. The third kappa shape index (κ3) is 2.47. The quantitative estimate of drug-likeness (QED) is 0.853. The lowest BCUT2D eigenvalue weighted by molar-refractivity contribution is 0.331. The Labute approximate surface area is 101 Å². The summed E-state index contributed by atoms with van der Waals surface area (Å²) in [5.74, 6) is 0. The fraction of sp³-hybridized carbons (Fsp3) is 0.583. The van der Waals surface area contributed by atoms with Gasteiger partial charge in [0.25, 0.3) is 0 Å². The zero-order valence-electron chi connectivity index (χ0n) is 9.38. The molecule has 0 amide bonds. The van der Waals surface area contributed by atoms with Crippen molar-refractivity contribution in [3.05, 3.63) is 23.5 Å². The first-order valence-corrected chi connectivity index (χ1v) is 6.21. The van der Waals surface area contributed by atoms with Crippen molar-refractivity contribution >= 4 is 17.3 Å². The molecule has 1 saturated carbocycles. The number of hydrogen-bond donors (Lipinski definition) is 2. The Morgan fingerprint density at radius 1 is 1.38 bits per heavy atom. The highest BCUT2D eigenvalue weighted by atomic mass is 35.5. The monoisotopic (exact) mass is 239 g/mol. The van der Waals surface area contributed by atoms with Crippen LogP contribution in [0.25, 0.3) is 0 Å². The highest BCUT2D eigenvalue weighted by molar-refractivity contribution is 6.33. The normalized spacial score (nSPS) is 19.4. The number of pyridine rings is 1. The Hall–Kier alpha value is -0.800. The van der Waals surface area contributed by atoms with Crippen LogP contribution in [0.15, 0.2) is 18.5 Å². The summed E-state index contributed by atoms with van der Waals surface area (Å²) in [6.45, 7) is 0.658. The van der Waals surface area contributed by atoms with Crippen LogP contribution >= 0.6 is 11.6 Å². The number of nitrogens with one attached hydrogen (secondary N) is 1. The molecule has 1 aliphatic rings. The standard InChI is InChI=1S/C12H18ClN3/c13-10-8-15-7-4-11(10)16-12(9-14)5-2-1-3-6-12/h4,7-8H,1-3,5-6,9,14H2,(H,15,16). The van der Waals surface area contributed by atoms with Crippen molar-refractivity contribution in [2.45, 2.75) is 37.6 Å². The molecule has 0 saturated heterocycles. The Balaban J connectivity index is 2.15. The van der Waals surface area contributed by atoms with Gasteiger partial charge in [-0.1, -0.05) is 30.9 Å². The van der Waals surface area contributed by atoms with Crippen molar-refractivity contribution in [2.75, 3.05) is 11.9 Å². The van der Waals surface area contributed by atoms with Crippen LogP contribution in [0, 0.1) is 0 Å². The molecule has 1 aromatic rings. The molecule has 0 unspecified atom stereocenters. The Kier molecular flexibility index (Phi) is 3.66. The molecule has 0 bridgehead atoms. The van der Waals surface area contributed by atoms with Crippen molar-refractivity contribution in [3.8, 4) is 0 Å². The first kappa shape index (κ1) is 11.7. The fourth-order valence-corrected chi connectivity index (χ4v) is 2.54. The number of nitrogens with two attached hydrogens (primary N) is 1. The van der Waals surface area contributed by atoms with E-state index in [0.717, 1.165) is 18.5 Å². The van der Waals surface area contributed by atoms with Gasteiger partial charge in [-0.25, -0.2) is 0 Å². The second-order valence-electron chi connectivity index (χ2n) is 4.53. The van der Waals surface area contributed by atoms with Crippen LogP contribution in [0.2, 0.25) is 5.02 Å². The van der Waals surface area contributed by atoms with E-state index in [4.69, 9.17) is 17.3 Å². The summed E-state index contributed by atoms with van der Waals surface area (Å²) in [7, 11) is 0. The molecule has 0 radical (unpaired) electrons. The molecule has 1 aromatic heterocycles. The Bertz CT molecular complexity index is 348. The Morgan fingerprint density at radius 2 is 2.12 bits per heavy atom. The zero-order chi connectivity index (χ0) is 11.4. The lowest BCUT2D eigenvalue weighted by Gasteiger charge is -2.38. The number of halogens is 1. The molecule has 0 spiro atoms. The van der Waals surface area contributed by atoms with E-state index in [9.17, 15) is 0 Å². The fourth-order valence-electron chi connectivity index (χ4n) is 2.37. The summed E-state index contributed by atoms with van der Waals surface area (Å²) in [6, 6.07) is 1.91. The summed E-state index contributed by atoms with van der Waals surface area (Å²) in [6.07, 6.45) is 9.47. The molecule has 1 fully saturated rings. The zero-order valence-corrected chi connectivity index (χ0v) is 10.1. The van der Waals surface area contributed by atoms with E-state index in [1.54, 1.807) is 12.4 Å². The van der Waals surface area contributed by atoms with Crippen LogP contribution < -0.4 is 11.1 Å². The predicted octanol–water partition coefficient (Wildman–Crippen LogP) is 2.81. The number of hydrogen-bond acceptors (Lipinski definition) is 3. The molecule has 1 aliphatic carbocycles. The molecule has 0 atom stereocenters. The van der Waals surface area contributed by atoms with Gasteiger partial charge >= 0.3 is 0 Å². The van der Waals surface area contributed by atoms with Crippen molar-refractivity contribution in [3.63, 3.8) is 0 Å². The van der Waals surface area contributed by atoms with Gasteiger partial charge in [-0.2, -0.15) is 0 Å². The summed E-state index contributed by atoms with van der Waals surface area (Å²) < 4.78 is 0. The summed E-state index contributed by atoms with van der Waals surface area (Å²) >= 11 is 6.10. The lowest BCUT2D eigenvalue weighted by atomic mass is 9.81. The summed E-state index contributed by atoms with van der Waals surface area (Å²) in [4.78, 5) is 3.98. The molecule has 0 aromatic carbocycles. The maximum atomic E-state index is 6.10. The van der Waals surface area contributed by atoms with E-state index in [0.29, 0.717) is 11.6 Å². The number of aromatic nitrogens is 1. The molecule has 3 N–H and O–H groups in total. The molecule has 0 aliphatic heterocycles.